The van der Waals surface area contributed by atoms with Crippen LogP contribution in [-0.2, 0) is 13.6 Å². The lowest BCUT2D eigenvalue weighted by molar-refractivity contribution is 0.287. The third-order valence-electron chi connectivity index (χ3n) is 1.80. The van der Waals surface area contributed by atoms with Crippen molar-refractivity contribution in [1.82, 2.24) is 0 Å². The molecule has 4 heteroatoms. The summed E-state index contributed by atoms with van der Waals surface area (Å²) in [7, 11) is -0.297. The third-order valence-corrected chi connectivity index (χ3v) is 3.67. The minimum atomic E-state index is -3.06. The smallest absolute Gasteiger partial charge is 0.309 e. The van der Waals surface area contributed by atoms with Crippen LogP contribution in [0.5, 0.6) is 0 Å². The summed E-state index contributed by atoms with van der Waals surface area (Å²) >= 11 is 0. The summed E-state index contributed by atoms with van der Waals surface area (Å²) in [6, 6.07) is 7.29. The monoisotopic (exact) mass is 200 g/mol. The van der Waals surface area contributed by atoms with Crippen LogP contribution in [0, 0.1) is 6.92 Å². The highest BCUT2D eigenvalue weighted by molar-refractivity contribution is 7.62. The zero-order valence-electron chi connectivity index (χ0n) is 7.98. The van der Waals surface area contributed by atoms with Gasteiger partial charge >= 0.3 is 7.60 Å². The molecule has 0 unspecified atom stereocenters. The molecule has 0 radical (unpaired) electrons. The van der Waals surface area contributed by atoms with Crippen LogP contribution in [-0.4, -0.2) is 14.2 Å². The van der Waals surface area contributed by atoms with Crippen molar-refractivity contribution in [3.8, 4) is 0 Å². The fourth-order valence-electron chi connectivity index (χ4n) is 1.08. The van der Waals surface area contributed by atoms with Crippen LogP contribution in [0.4, 0.5) is 0 Å². The van der Waals surface area contributed by atoms with E-state index in [1.54, 1.807) is 12.1 Å². The van der Waals surface area contributed by atoms with Gasteiger partial charge in [-0.3, -0.25) is 4.57 Å². The average Bonchev–Trinajstić information content (AvgIpc) is 2.17. The van der Waals surface area contributed by atoms with Gasteiger partial charge in [0.25, 0.3) is 0 Å². The van der Waals surface area contributed by atoms with Gasteiger partial charge in [0.05, 0.1) is 5.30 Å². The Bertz CT molecular complexity index is 327. The van der Waals surface area contributed by atoms with Gasteiger partial charge < -0.3 is 9.05 Å². The molecule has 0 aromatic heterocycles. The number of hydrogen-bond acceptors (Lipinski definition) is 3. The predicted octanol–water partition coefficient (Wildman–Crippen LogP) is 2.11. The summed E-state index contributed by atoms with van der Waals surface area (Å²) in [5.74, 6) is 0. The Kier molecular flexibility index (Phi) is 3.26. The fraction of sp³-hybridized carbons (Fsp3) is 0.333. The van der Waals surface area contributed by atoms with Gasteiger partial charge in [0, 0.05) is 14.2 Å². The van der Waals surface area contributed by atoms with Gasteiger partial charge in [-0.05, 0) is 19.1 Å². The molecule has 1 aromatic rings. The molecule has 1 aromatic carbocycles. The molecule has 3 nitrogen and oxygen atoms in total. The van der Waals surface area contributed by atoms with Crippen LogP contribution in [0.25, 0.3) is 0 Å². The molecule has 0 aliphatic rings. The Hall–Kier alpha value is -0.630. The van der Waals surface area contributed by atoms with Crippen molar-refractivity contribution in [2.75, 3.05) is 14.2 Å². The Morgan fingerprint density at radius 2 is 1.85 bits per heavy atom. The first-order chi connectivity index (χ1) is 6.12. The van der Waals surface area contributed by atoms with Gasteiger partial charge in [0.1, 0.15) is 0 Å². The summed E-state index contributed by atoms with van der Waals surface area (Å²) < 4.78 is 21.6. The largest absolute Gasteiger partial charge is 0.360 e. The van der Waals surface area contributed by atoms with Gasteiger partial charge in [-0.2, -0.15) is 0 Å². The van der Waals surface area contributed by atoms with E-state index in [4.69, 9.17) is 9.05 Å². The van der Waals surface area contributed by atoms with Crippen LogP contribution < -0.4 is 5.30 Å². The quantitative estimate of drug-likeness (QED) is 0.701. The molecular formula is C9H13O3P. The predicted molar refractivity (Wildman–Crippen MR) is 52.4 cm³/mol. The molecule has 0 amide bonds. The lowest BCUT2D eigenvalue weighted by Crippen LogP contribution is -2.07. The van der Waals surface area contributed by atoms with Gasteiger partial charge in [0.2, 0.25) is 0 Å². The van der Waals surface area contributed by atoms with E-state index in [-0.39, 0.29) is 0 Å². The van der Waals surface area contributed by atoms with E-state index in [9.17, 15) is 4.57 Å². The maximum Gasteiger partial charge on any atom is 0.360 e. The highest BCUT2D eigenvalue weighted by atomic mass is 31.2. The second kappa shape index (κ2) is 4.05. The maximum atomic E-state index is 11.9. The van der Waals surface area contributed by atoms with Gasteiger partial charge in [-0.15, -0.1) is 0 Å². The Morgan fingerprint density at radius 1 is 1.23 bits per heavy atom. The Balaban J connectivity index is 3.13. The molecule has 13 heavy (non-hydrogen) atoms. The lowest BCUT2D eigenvalue weighted by atomic mass is 10.2. The van der Waals surface area contributed by atoms with Crippen molar-refractivity contribution in [2.45, 2.75) is 6.92 Å². The molecule has 72 valence electrons. The number of aryl methyl sites for hydroxylation is 1. The van der Waals surface area contributed by atoms with Gasteiger partial charge in [-0.1, -0.05) is 17.7 Å². The summed E-state index contributed by atoms with van der Waals surface area (Å²) in [5.41, 5.74) is 1.03. The molecule has 0 bridgehead atoms. The molecular weight excluding hydrogens is 187 g/mol. The van der Waals surface area contributed by atoms with E-state index in [1.165, 1.54) is 14.2 Å². The van der Waals surface area contributed by atoms with Crippen LogP contribution >= 0.6 is 7.60 Å². The first-order valence-electron chi connectivity index (χ1n) is 3.91. The second-order valence-corrected chi connectivity index (χ2v) is 4.94. The normalized spacial score (nSPS) is 11.6. The minimum Gasteiger partial charge on any atom is -0.309 e. The third kappa shape index (κ3) is 2.19. The molecule has 1 rings (SSSR count). The standard InChI is InChI=1S/C9H13O3P/c1-8-5-4-6-9(7-8)13(10,11-2)12-3/h4-7H,1-3H3. The molecule has 0 heterocycles. The van der Waals surface area contributed by atoms with Crippen molar-refractivity contribution in [2.24, 2.45) is 0 Å². The van der Waals surface area contributed by atoms with Crippen LogP contribution in [0.1, 0.15) is 5.56 Å². The topological polar surface area (TPSA) is 35.5 Å². The van der Waals surface area contributed by atoms with Crippen molar-refractivity contribution in [3.05, 3.63) is 29.8 Å². The molecule has 0 saturated carbocycles. The van der Waals surface area contributed by atoms with E-state index >= 15 is 0 Å². The maximum absolute atomic E-state index is 11.9. The van der Waals surface area contributed by atoms with E-state index in [2.05, 4.69) is 0 Å². The molecule has 0 atom stereocenters. The van der Waals surface area contributed by atoms with Crippen LogP contribution in [0.2, 0.25) is 0 Å². The highest BCUT2D eigenvalue weighted by Gasteiger charge is 2.23. The number of hydrogen-bond donors (Lipinski definition) is 0. The second-order valence-electron chi connectivity index (χ2n) is 2.70. The molecule has 0 aliphatic carbocycles. The summed E-state index contributed by atoms with van der Waals surface area (Å²) in [5, 5.41) is 0.595. The van der Waals surface area contributed by atoms with E-state index < -0.39 is 7.60 Å². The zero-order valence-corrected chi connectivity index (χ0v) is 8.88. The minimum absolute atomic E-state index is 0.595. The van der Waals surface area contributed by atoms with E-state index in [0.717, 1.165) is 5.56 Å². The van der Waals surface area contributed by atoms with Crippen LogP contribution in [0.15, 0.2) is 24.3 Å². The molecule has 0 saturated heterocycles. The highest BCUT2D eigenvalue weighted by Crippen LogP contribution is 2.44. The Morgan fingerprint density at radius 3 is 2.31 bits per heavy atom. The number of benzene rings is 1. The SMILES string of the molecule is COP(=O)(OC)c1cccc(C)c1. The fourth-order valence-corrected chi connectivity index (χ4v) is 2.28. The van der Waals surface area contributed by atoms with Crippen molar-refractivity contribution in [1.29, 1.82) is 0 Å². The number of rotatable bonds is 3. The van der Waals surface area contributed by atoms with E-state index in [1.807, 2.05) is 19.1 Å². The Labute approximate surface area is 78.2 Å². The lowest BCUT2D eigenvalue weighted by Gasteiger charge is -2.13. The first-order valence-corrected chi connectivity index (χ1v) is 5.45. The summed E-state index contributed by atoms with van der Waals surface area (Å²) in [4.78, 5) is 0. The van der Waals surface area contributed by atoms with Gasteiger partial charge in [-0.25, -0.2) is 0 Å². The molecule has 0 spiro atoms. The van der Waals surface area contributed by atoms with Crippen molar-refractivity contribution >= 4 is 12.9 Å². The molecule has 0 N–H and O–H groups in total. The molecule has 0 aliphatic heterocycles. The summed E-state index contributed by atoms with van der Waals surface area (Å²) in [6.45, 7) is 1.93. The van der Waals surface area contributed by atoms with Crippen molar-refractivity contribution < 1.29 is 13.6 Å². The summed E-state index contributed by atoms with van der Waals surface area (Å²) in [6.07, 6.45) is 0. The van der Waals surface area contributed by atoms with Crippen molar-refractivity contribution in [3.63, 3.8) is 0 Å². The first kappa shape index (κ1) is 10.5. The van der Waals surface area contributed by atoms with E-state index in [0.29, 0.717) is 5.30 Å². The average molecular weight is 200 g/mol. The zero-order chi connectivity index (χ0) is 9.90. The van der Waals surface area contributed by atoms with Gasteiger partial charge in [0.15, 0.2) is 0 Å². The van der Waals surface area contributed by atoms with Crippen LogP contribution in [0.3, 0.4) is 0 Å². The molecule has 0 fully saturated rings.